The van der Waals surface area contributed by atoms with Gasteiger partial charge >= 0.3 is 0 Å². The lowest BCUT2D eigenvalue weighted by molar-refractivity contribution is 1.07. The third-order valence-electron chi connectivity index (χ3n) is 9.19. The van der Waals surface area contributed by atoms with E-state index in [1.165, 1.54) is 0 Å². The second kappa shape index (κ2) is 14.7. The van der Waals surface area contributed by atoms with Crippen LogP contribution in [0.2, 0.25) is 0 Å². The third-order valence-corrected chi connectivity index (χ3v) is 9.19. The van der Waals surface area contributed by atoms with E-state index in [1.54, 1.807) is 0 Å². The van der Waals surface area contributed by atoms with Crippen molar-refractivity contribution in [3.05, 3.63) is 194 Å². The maximum Gasteiger partial charge on any atom is 0.164 e. The Kier molecular flexibility index (Phi) is 8.81. The molecule has 9 aromatic rings. The lowest BCUT2D eigenvalue weighted by atomic mass is 9.93. The fraction of sp³-hybridized carbons (Fsp3) is 0. The van der Waals surface area contributed by atoms with E-state index in [4.69, 9.17) is 29.9 Å². The summed E-state index contributed by atoms with van der Waals surface area (Å²) in [6.07, 6.45) is 0. The van der Waals surface area contributed by atoms with Gasteiger partial charge < -0.3 is 0 Å². The summed E-state index contributed by atoms with van der Waals surface area (Å²) in [7, 11) is 0. The molecule has 0 fully saturated rings. The van der Waals surface area contributed by atoms with E-state index in [0.29, 0.717) is 34.9 Å². The summed E-state index contributed by atoms with van der Waals surface area (Å²) in [5, 5.41) is 0. The first-order chi connectivity index (χ1) is 26.7. The van der Waals surface area contributed by atoms with Crippen LogP contribution >= 0.6 is 0 Å². The van der Waals surface area contributed by atoms with E-state index < -0.39 is 0 Å². The molecule has 0 aliphatic carbocycles. The molecule has 7 aromatic carbocycles. The molecule has 0 unspecified atom stereocenters. The Morgan fingerprint density at radius 3 is 0.704 bits per heavy atom. The van der Waals surface area contributed by atoms with Gasteiger partial charge in [-0.3, -0.25) is 0 Å². The van der Waals surface area contributed by atoms with Crippen LogP contribution < -0.4 is 0 Å². The number of hydrogen-bond donors (Lipinski definition) is 0. The van der Waals surface area contributed by atoms with Crippen LogP contribution in [0.3, 0.4) is 0 Å². The highest BCUT2D eigenvalue weighted by Gasteiger charge is 2.16. The summed E-state index contributed by atoms with van der Waals surface area (Å²) in [6, 6.07) is 65.4. The van der Waals surface area contributed by atoms with Crippen molar-refractivity contribution in [3.63, 3.8) is 0 Å². The van der Waals surface area contributed by atoms with Crippen molar-refractivity contribution in [1.29, 1.82) is 0 Å². The van der Waals surface area contributed by atoms with Crippen molar-refractivity contribution in [1.82, 2.24) is 29.9 Å². The first kappa shape index (κ1) is 32.5. The van der Waals surface area contributed by atoms with Gasteiger partial charge in [0, 0.05) is 33.4 Å². The fourth-order valence-electron chi connectivity index (χ4n) is 6.51. The largest absolute Gasteiger partial charge is 0.208 e. The van der Waals surface area contributed by atoms with E-state index >= 15 is 0 Å². The van der Waals surface area contributed by atoms with Gasteiger partial charge in [-0.1, -0.05) is 182 Å². The van der Waals surface area contributed by atoms with Crippen LogP contribution in [0, 0.1) is 0 Å². The molecule has 0 radical (unpaired) electrons. The van der Waals surface area contributed by atoms with Crippen molar-refractivity contribution < 1.29 is 0 Å². The van der Waals surface area contributed by atoms with Crippen LogP contribution in [0.25, 0.3) is 90.6 Å². The first-order valence-electron chi connectivity index (χ1n) is 17.8. The molecule has 6 nitrogen and oxygen atoms in total. The number of hydrogen-bond acceptors (Lipinski definition) is 6. The van der Waals surface area contributed by atoms with E-state index in [1.807, 2.05) is 121 Å². The van der Waals surface area contributed by atoms with Gasteiger partial charge in [-0.15, -0.1) is 0 Å². The fourth-order valence-corrected chi connectivity index (χ4v) is 6.51. The second-order valence-corrected chi connectivity index (χ2v) is 12.8. The molecule has 0 saturated carbocycles. The normalized spacial score (nSPS) is 11.0. The molecule has 0 amide bonds. The molecule has 6 heteroatoms. The van der Waals surface area contributed by atoms with Gasteiger partial charge in [0.15, 0.2) is 34.9 Å². The molecule has 0 N–H and O–H groups in total. The van der Waals surface area contributed by atoms with Crippen LogP contribution in [0.1, 0.15) is 0 Å². The maximum atomic E-state index is 4.98. The minimum Gasteiger partial charge on any atom is -0.208 e. The monoisotopic (exact) mass is 692 g/mol. The minimum atomic E-state index is 0.613. The first-order valence-corrected chi connectivity index (χ1v) is 17.8. The van der Waals surface area contributed by atoms with Gasteiger partial charge in [-0.25, -0.2) is 29.9 Å². The quantitative estimate of drug-likeness (QED) is 0.158. The molecule has 0 saturated heterocycles. The van der Waals surface area contributed by atoms with Gasteiger partial charge in [0.25, 0.3) is 0 Å². The Morgan fingerprint density at radius 2 is 0.407 bits per heavy atom. The molecule has 254 valence electrons. The van der Waals surface area contributed by atoms with Gasteiger partial charge in [-0.05, 0) is 34.4 Å². The number of nitrogens with zero attached hydrogens (tertiary/aromatic N) is 6. The van der Waals surface area contributed by atoms with Gasteiger partial charge in [-0.2, -0.15) is 0 Å². The van der Waals surface area contributed by atoms with Crippen molar-refractivity contribution in [2.45, 2.75) is 0 Å². The third kappa shape index (κ3) is 6.79. The Morgan fingerprint density at radius 1 is 0.185 bits per heavy atom. The number of rotatable bonds is 8. The Bertz CT molecular complexity index is 2400. The zero-order chi connectivity index (χ0) is 36.1. The van der Waals surface area contributed by atoms with Gasteiger partial charge in [0.1, 0.15) is 0 Å². The Balaban J connectivity index is 1.12. The maximum absolute atomic E-state index is 4.98. The van der Waals surface area contributed by atoms with E-state index in [9.17, 15) is 0 Å². The van der Waals surface area contributed by atoms with Crippen LogP contribution in [-0.4, -0.2) is 29.9 Å². The molecule has 0 bridgehead atoms. The van der Waals surface area contributed by atoms with E-state index in [0.717, 1.165) is 55.6 Å². The highest BCUT2D eigenvalue weighted by atomic mass is 15.0. The van der Waals surface area contributed by atoms with Crippen molar-refractivity contribution in [3.8, 4) is 90.6 Å². The van der Waals surface area contributed by atoms with Crippen LogP contribution in [-0.2, 0) is 0 Å². The summed E-state index contributed by atoms with van der Waals surface area (Å²) in [5.41, 5.74) is 9.82. The molecular formula is C48H32N6. The lowest BCUT2D eigenvalue weighted by Gasteiger charge is -2.13. The standard InChI is InChI=1S/C48H32N6/c1-5-17-33(18-6-1)43-49-44(34-19-7-2-8-20-34)52-47(51-43)39-27-15-25-37(31-39)41-29-13-14-30-42(41)38-26-16-28-40(32-38)48-53-45(35-21-9-3-10-22-35)50-46(54-48)36-23-11-4-12-24-36/h1-32H. The molecule has 0 aliphatic heterocycles. The van der Waals surface area contributed by atoms with Crippen LogP contribution in [0.4, 0.5) is 0 Å². The molecule has 9 rings (SSSR count). The molecule has 2 aromatic heterocycles. The molecule has 0 atom stereocenters. The predicted molar refractivity (Wildman–Crippen MR) is 217 cm³/mol. The molecule has 2 heterocycles. The van der Waals surface area contributed by atoms with Crippen LogP contribution in [0.5, 0.6) is 0 Å². The van der Waals surface area contributed by atoms with E-state index in [-0.39, 0.29) is 0 Å². The summed E-state index contributed by atoms with van der Waals surface area (Å²) in [6.45, 7) is 0. The highest BCUT2D eigenvalue weighted by molar-refractivity contribution is 5.86. The average molecular weight is 693 g/mol. The molecule has 0 aliphatic rings. The predicted octanol–water partition coefficient (Wildman–Crippen LogP) is 11.4. The van der Waals surface area contributed by atoms with Gasteiger partial charge in [0.05, 0.1) is 0 Å². The summed E-state index contributed by atoms with van der Waals surface area (Å²) in [5.74, 6) is 3.75. The topological polar surface area (TPSA) is 77.3 Å². The zero-order valence-electron chi connectivity index (χ0n) is 29.2. The summed E-state index contributed by atoms with van der Waals surface area (Å²) in [4.78, 5) is 29.7. The van der Waals surface area contributed by atoms with Crippen molar-refractivity contribution >= 4 is 0 Å². The highest BCUT2D eigenvalue weighted by Crippen LogP contribution is 2.36. The van der Waals surface area contributed by atoms with Gasteiger partial charge in [0.2, 0.25) is 0 Å². The smallest absolute Gasteiger partial charge is 0.164 e. The average Bonchev–Trinajstić information content (AvgIpc) is 3.27. The summed E-state index contributed by atoms with van der Waals surface area (Å²) < 4.78 is 0. The second-order valence-electron chi connectivity index (χ2n) is 12.8. The van der Waals surface area contributed by atoms with Crippen LogP contribution in [0.15, 0.2) is 194 Å². The lowest BCUT2D eigenvalue weighted by Crippen LogP contribution is -2.00. The Hall–Kier alpha value is -7.44. The minimum absolute atomic E-state index is 0.613. The number of aromatic nitrogens is 6. The Labute approximate surface area is 313 Å². The zero-order valence-corrected chi connectivity index (χ0v) is 29.2. The summed E-state index contributed by atoms with van der Waals surface area (Å²) >= 11 is 0. The SMILES string of the molecule is c1ccc(-c2nc(-c3ccccc3)nc(-c3cccc(-c4ccccc4-c4cccc(-c5nc(-c6ccccc6)nc(-c6ccccc6)n5)c4)c3)n2)cc1. The number of benzene rings is 7. The molecule has 0 spiro atoms. The van der Waals surface area contributed by atoms with Crippen molar-refractivity contribution in [2.75, 3.05) is 0 Å². The molecular weight excluding hydrogens is 661 g/mol. The van der Waals surface area contributed by atoms with E-state index in [2.05, 4.69) is 72.8 Å². The molecule has 54 heavy (non-hydrogen) atoms. The van der Waals surface area contributed by atoms with Crippen molar-refractivity contribution in [2.24, 2.45) is 0 Å².